The Kier molecular flexibility index (Phi) is 4.35. The van der Waals surface area contributed by atoms with Gasteiger partial charge in [-0.2, -0.15) is 0 Å². The molecule has 0 amide bonds. The summed E-state index contributed by atoms with van der Waals surface area (Å²) >= 11 is 11.3. The lowest BCUT2D eigenvalue weighted by atomic mass is 10.2. The van der Waals surface area contributed by atoms with Crippen LogP contribution in [0.1, 0.15) is 11.1 Å². The van der Waals surface area contributed by atoms with Gasteiger partial charge in [0.05, 0.1) is 0 Å². The van der Waals surface area contributed by atoms with E-state index >= 15 is 0 Å². The molecule has 1 aromatic heterocycles. The van der Waals surface area contributed by atoms with Gasteiger partial charge in [-0.3, -0.25) is 0 Å². The van der Waals surface area contributed by atoms with Crippen molar-refractivity contribution in [1.82, 2.24) is 4.98 Å². The molecule has 0 fully saturated rings. The second kappa shape index (κ2) is 5.99. The number of nitrogens with zero attached hydrogens (tertiary/aromatic N) is 1. The van der Waals surface area contributed by atoms with Crippen LogP contribution in [0.25, 0.3) is 0 Å². The zero-order chi connectivity index (χ0) is 13.8. The number of aryl methyl sites for hydroxylation is 2. The van der Waals surface area contributed by atoms with Gasteiger partial charge in [0, 0.05) is 16.9 Å². The first kappa shape index (κ1) is 13.8. The highest BCUT2D eigenvalue weighted by Crippen LogP contribution is 2.20. The van der Waals surface area contributed by atoms with Crippen molar-refractivity contribution >= 4 is 40.4 Å². The Balaban J connectivity index is 2.03. The van der Waals surface area contributed by atoms with Crippen LogP contribution in [0.5, 0.6) is 0 Å². The lowest BCUT2D eigenvalue weighted by Crippen LogP contribution is -2.19. The number of aromatic nitrogens is 1. The van der Waals surface area contributed by atoms with Gasteiger partial charge in [0.2, 0.25) is 0 Å². The summed E-state index contributed by atoms with van der Waals surface area (Å²) in [5.41, 5.74) is 3.01. The van der Waals surface area contributed by atoms with E-state index < -0.39 is 0 Å². The number of hydrogen-bond acceptors (Lipinski definition) is 2. The van der Waals surface area contributed by atoms with Crippen molar-refractivity contribution in [2.45, 2.75) is 13.8 Å². The Morgan fingerprint density at radius 1 is 1.16 bits per heavy atom. The summed E-state index contributed by atoms with van der Waals surface area (Å²) in [6.45, 7) is 3.96. The Labute approximate surface area is 123 Å². The maximum atomic E-state index is 6.06. The lowest BCUT2D eigenvalue weighted by molar-refractivity contribution is 1.28. The molecule has 0 saturated heterocycles. The van der Waals surface area contributed by atoms with E-state index in [9.17, 15) is 0 Å². The SMILES string of the molecule is Cc1ccnc(NC(=S)Nc2ccc(C)c(Cl)c2)c1. The van der Waals surface area contributed by atoms with Crippen LogP contribution in [-0.4, -0.2) is 10.1 Å². The highest BCUT2D eigenvalue weighted by Gasteiger charge is 2.02. The minimum Gasteiger partial charge on any atom is -0.332 e. The van der Waals surface area contributed by atoms with Crippen molar-refractivity contribution in [1.29, 1.82) is 0 Å². The Morgan fingerprint density at radius 2 is 1.95 bits per heavy atom. The smallest absolute Gasteiger partial charge is 0.176 e. The average Bonchev–Trinajstić information content (AvgIpc) is 2.34. The molecule has 0 aliphatic carbocycles. The van der Waals surface area contributed by atoms with Crippen LogP contribution in [0.15, 0.2) is 36.5 Å². The van der Waals surface area contributed by atoms with Crippen LogP contribution in [-0.2, 0) is 0 Å². The van der Waals surface area contributed by atoms with Crippen LogP contribution >= 0.6 is 23.8 Å². The highest BCUT2D eigenvalue weighted by molar-refractivity contribution is 7.80. The van der Waals surface area contributed by atoms with E-state index in [0.29, 0.717) is 10.1 Å². The quantitative estimate of drug-likeness (QED) is 0.815. The number of anilines is 2. The van der Waals surface area contributed by atoms with Crippen molar-refractivity contribution in [3.63, 3.8) is 0 Å². The second-order valence-corrected chi connectivity index (χ2v) is 5.08. The molecule has 5 heteroatoms. The van der Waals surface area contributed by atoms with E-state index in [4.69, 9.17) is 23.8 Å². The van der Waals surface area contributed by atoms with Crippen LogP contribution in [0, 0.1) is 13.8 Å². The van der Waals surface area contributed by atoms with Gasteiger partial charge < -0.3 is 10.6 Å². The summed E-state index contributed by atoms with van der Waals surface area (Å²) in [5, 5.41) is 7.30. The topological polar surface area (TPSA) is 37.0 Å². The molecule has 98 valence electrons. The predicted octanol–water partition coefficient (Wildman–Crippen LogP) is 4.16. The van der Waals surface area contributed by atoms with Crippen LogP contribution < -0.4 is 10.6 Å². The molecule has 3 nitrogen and oxygen atoms in total. The van der Waals surface area contributed by atoms with E-state index in [-0.39, 0.29) is 0 Å². The van der Waals surface area contributed by atoms with Gasteiger partial charge in [0.15, 0.2) is 5.11 Å². The fourth-order valence-corrected chi connectivity index (χ4v) is 1.96. The normalized spacial score (nSPS) is 10.1. The fraction of sp³-hybridized carbons (Fsp3) is 0.143. The zero-order valence-electron chi connectivity index (χ0n) is 10.7. The number of rotatable bonds is 2. The van der Waals surface area contributed by atoms with Crippen molar-refractivity contribution in [2.75, 3.05) is 10.6 Å². The number of pyridine rings is 1. The minimum atomic E-state index is 0.484. The molecule has 2 rings (SSSR count). The molecule has 0 aliphatic rings. The first-order valence-electron chi connectivity index (χ1n) is 5.81. The molecule has 2 aromatic rings. The van der Waals surface area contributed by atoms with Gasteiger partial charge in [-0.05, 0) is 61.5 Å². The van der Waals surface area contributed by atoms with Crippen LogP contribution in [0.4, 0.5) is 11.5 Å². The van der Waals surface area contributed by atoms with Gasteiger partial charge in [-0.25, -0.2) is 4.98 Å². The third-order valence-electron chi connectivity index (χ3n) is 2.59. The molecule has 0 unspecified atom stereocenters. The van der Waals surface area contributed by atoms with E-state index in [0.717, 1.165) is 22.6 Å². The van der Waals surface area contributed by atoms with E-state index in [2.05, 4.69) is 15.6 Å². The maximum absolute atomic E-state index is 6.06. The molecule has 2 N–H and O–H groups in total. The standard InChI is InChI=1S/C14H14ClN3S/c1-9-5-6-16-13(7-9)18-14(19)17-11-4-3-10(2)12(15)8-11/h3-8H,1-2H3,(H2,16,17,18,19). The first-order valence-corrected chi connectivity index (χ1v) is 6.60. The van der Waals surface area contributed by atoms with Crippen LogP contribution in [0.2, 0.25) is 5.02 Å². The molecule has 1 aromatic carbocycles. The maximum Gasteiger partial charge on any atom is 0.176 e. The van der Waals surface area contributed by atoms with Crippen LogP contribution in [0.3, 0.4) is 0 Å². The predicted molar refractivity (Wildman–Crippen MR) is 85.0 cm³/mol. The third kappa shape index (κ3) is 3.91. The summed E-state index contributed by atoms with van der Waals surface area (Å²) in [6, 6.07) is 9.57. The summed E-state index contributed by atoms with van der Waals surface area (Å²) < 4.78 is 0. The van der Waals surface area contributed by atoms with Gasteiger partial charge in [0.1, 0.15) is 5.82 Å². The largest absolute Gasteiger partial charge is 0.332 e. The molecule has 0 spiro atoms. The molecule has 19 heavy (non-hydrogen) atoms. The van der Waals surface area contributed by atoms with Crippen molar-refractivity contribution in [3.05, 3.63) is 52.7 Å². The zero-order valence-corrected chi connectivity index (χ0v) is 12.3. The molecule has 0 atom stereocenters. The number of hydrogen-bond donors (Lipinski definition) is 2. The summed E-state index contributed by atoms with van der Waals surface area (Å²) in [4.78, 5) is 4.19. The molecular formula is C14H14ClN3S. The highest BCUT2D eigenvalue weighted by atomic mass is 35.5. The molecule has 1 heterocycles. The summed E-state index contributed by atoms with van der Waals surface area (Å²) in [5.74, 6) is 0.718. The molecule has 0 saturated carbocycles. The Bertz CT molecular complexity index is 613. The summed E-state index contributed by atoms with van der Waals surface area (Å²) in [7, 11) is 0. The Morgan fingerprint density at radius 3 is 2.63 bits per heavy atom. The lowest BCUT2D eigenvalue weighted by Gasteiger charge is -2.11. The van der Waals surface area contributed by atoms with Gasteiger partial charge in [0.25, 0.3) is 0 Å². The van der Waals surface area contributed by atoms with Gasteiger partial charge >= 0.3 is 0 Å². The van der Waals surface area contributed by atoms with Crippen molar-refractivity contribution < 1.29 is 0 Å². The number of thiocarbonyl (C=S) groups is 1. The minimum absolute atomic E-state index is 0.484. The van der Waals surface area contributed by atoms with E-state index in [1.54, 1.807) is 6.20 Å². The second-order valence-electron chi connectivity index (χ2n) is 4.26. The summed E-state index contributed by atoms with van der Waals surface area (Å²) in [6.07, 6.45) is 1.74. The van der Waals surface area contributed by atoms with Gasteiger partial charge in [-0.1, -0.05) is 17.7 Å². The number of nitrogens with one attached hydrogen (secondary N) is 2. The molecule has 0 bridgehead atoms. The van der Waals surface area contributed by atoms with E-state index in [1.807, 2.05) is 44.2 Å². The van der Waals surface area contributed by atoms with Gasteiger partial charge in [-0.15, -0.1) is 0 Å². The molecule has 0 aliphatic heterocycles. The third-order valence-corrected chi connectivity index (χ3v) is 3.20. The average molecular weight is 292 g/mol. The number of benzene rings is 1. The fourth-order valence-electron chi connectivity index (χ4n) is 1.55. The van der Waals surface area contributed by atoms with Crippen molar-refractivity contribution in [3.8, 4) is 0 Å². The molecular weight excluding hydrogens is 278 g/mol. The first-order chi connectivity index (χ1) is 9.04. The van der Waals surface area contributed by atoms with E-state index in [1.165, 1.54) is 0 Å². The number of halogens is 1. The molecule has 0 radical (unpaired) electrons. The Hall–Kier alpha value is -1.65. The van der Waals surface area contributed by atoms with Crippen molar-refractivity contribution in [2.24, 2.45) is 0 Å². The monoisotopic (exact) mass is 291 g/mol.